The average Bonchev–Trinajstić information content (AvgIpc) is 1.51. The molecule has 12 bridgehead atoms. The molecule has 13 aliphatic rings. The molecule has 13 rings (SSSR count). The van der Waals surface area contributed by atoms with Crippen molar-refractivity contribution < 1.29 is 113 Å². The second-order valence-corrected chi connectivity index (χ2v) is 76.1. The summed E-state index contributed by atoms with van der Waals surface area (Å²) in [6.07, 6.45) is 13.8. The number of nitriles is 2. The van der Waals surface area contributed by atoms with Gasteiger partial charge in [0.05, 0.1) is 89.7 Å². The summed E-state index contributed by atoms with van der Waals surface area (Å²) in [5.41, 5.74) is -3.60. The van der Waals surface area contributed by atoms with Crippen molar-refractivity contribution in [1.29, 1.82) is 10.5 Å². The molecule has 42 heteroatoms. The van der Waals surface area contributed by atoms with Crippen molar-refractivity contribution >= 4 is 138 Å². The van der Waals surface area contributed by atoms with Crippen LogP contribution in [-0.4, -0.2) is 318 Å². The molecule has 150 heavy (non-hydrogen) atoms. The summed E-state index contributed by atoms with van der Waals surface area (Å²) >= 11 is 6.48. The van der Waals surface area contributed by atoms with E-state index >= 15 is 0 Å². The van der Waals surface area contributed by atoms with Gasteiger partial charge in [-0.3, -0.25) is 19.0 Å². The van der Waals surface area contributed by atoms with Crippen LogP contribution in [0, 0.1) is 123 Å². The van der Waals surface area contributed by atoms with Gasteiger partial charge in [0, 0.05) is 137 Å². The van der Waals surface area contributed by atoms with Crippen molar-refractivity contribution in [2.45, 2.75) is 459 Å². The number of alkyl halides is 2. The Kier molecular flexibility index (Phi) is 46.6. The minimum atomic E-state index is -4.08. The van der Waals surface area contributed by atoms with E-state index in [2.05, 4.69) is 157 Å². The van der Waals surface area contributed by atoms with Gasteiger partial charge in [0.15, 0.2) is 45.2 Å². The summed E-state index contributed by atoms with van der Waals surface area (Å²) in [7, 11) is -25.7. The van der Waals surface area contributed by atoms with Gasteiger partial charge in [-0.25, -0.2) is 42.1 Å². The molecule has 16 atom stereocenters. The Labute approximate surface area is 955 Å². The monoisotopic (exact) mass is 2410 g/mol. The second kappa shape index (κ2) is 49.8. The number of nitrogens with zero attached hydrogens (tertiary/aromatic N) is 8. The minimum Gasteiger partial charge on any atom is -1.00 e. The average molecular weight is 2410 g/mol. The van der Waals surface area contributed by atoms with E-state index in [4.69, 9.17) is 28.6 Å². The molecule has 0 amide bonds. The van der Waals surface area contributed by atoms with Crippen molar-refractivity contribution in [3.05, 3.63) is 0 Å². The zero-order valence-electron chi connectivity index (χ0n) is 100. The smallest absolute Gasteiger partial charge is 1.00 e. The molecule has 0 aromatic carbocycles. The molecule has 14 unspecified atom stereocenters. The predicted molar refractivity (Wildman–Crippen MR) is 618 cm³/mol. The Bertz CT molecular complexity index is 5250. The topological polar surface area (TPSA) is 430 Å². The minimum absolute atomic E-state index is 0. The number of carbonyl (C=O) groups is 2. The maximum atomic E-state index is 13.6. The number of fused-ring (bicyclic) bond motifs is 12. The molecule has 12 saturated carbocycles. The van der Waals surface area contributed by atoms with Crippen LogP contribution < -0.4 is 24.6 Å². The van der Waals surface area contributed by atoms with E-state index in [9.17, 15) is 80.8 Å². The first-order valence-electron chi connectivity index (χ1n) is 55.3. The quantitative estimate of drug-likeness (QED) is 0.0193. The third-order valence-corrected chi connectivity index (χ3v) is 54.6. The van der Waals surface area contributed by atoms with Crippen LogP contribution in [0.25, 0.3) is 0 Å². The van der Waals surface area contributed by atoms with Crippen LogP contribution in [0.3, 0.4) is 0 Å². The van der Waals surface area contributed by atoms with Gasteiger partial charge >= 0.3 is 18.9 Å². The van der Waals surface area contributed by atoms with Crippen LogP contribution in [0.4, 0.5) is 0 Å². The third kappa shape index (κ3) is 26.7. The Morgan fingerprint density at radius 3 is 0.867 bits per heavy atom. The van der Waals surface area contributed by atoms with Gasteiger partial charge in [0.1, 0.15) is 11.6 Å². The van der Waals surface area contributed by atoms with Crippen LogP contribution in [0.15, 0.2) is 0 Å². The number of halogens is 2. The standard InChI is InChI=1S/C21H40N2O4S.2C20H38N2O3SSi.C17H34N2O3S.C16H29NO3S.C10H16O4S.C4H8Br2O.Al.Li.4H/c1-16(2)23(17(3)4)28(25,26)15-20-8-7-18(19(20,5)6)13-21(20,24)14-22-9-11-27-12-10-22;2*1-15(2)22(16(3)4)26(23,24)14-19-11-10-17(18(19,5)6)12-20(19,13-21)25-27(7,8)9;1-12(2)19(13(3)4)23(21,22)11-16-8-7-14(15(16,5)6)9-17(16,20)10-18;1-11(2)17(12(3)4)21(19,20)10-16-8-7-13(9-14(16)18)15(16,5)6;1-9(2)7-3-4-10(9,8(11)5-7)6-15(12,13)14;5-1-3-7-4-2-6;;;;;;/h16-18,24H,7-15H2,1-6H3;2*15-17H,10-12,14H2,1-9H3;12-14,20H,7-11,18H2,1-6H3;11-13H,7-10H2,1-6H3;7H,3-6H2,1-2H3,(H,12,13,14);1-4H2;;;;;;/q;;;;;;;;+1;;;;-1/t;2*17?,19?,20-;;;;;;;;;;/m.10........../s1. The van der Waals surface area contributed by atoms with E-state index in [1.165, 1.54) is 0 Å². The van der Waals surface area contributed by atoms with E-state index in [1.54, 1.807) is 21.5 Å². The number of Topliss-reactive ketones (excluding diaryl/α,β-unsaturated/α-hetero) is 2. The maximum Gasteiger partial charge on any atom is 1.00 e. The fourth-order valence-electron chi connectivity index (χ4n) is 32.5. The SMILES string of the molecule is BrCCOCCBr.CC(C)N(C(C)C)S(=O)(=O)CC12CCC(CC1(O)CN)C2(C)C.CC(C)N(C(C)C)S(=O)(=O)CC12CCC(CC1(O)CN1CCOCC1)C2(C)C.CC(C)N(C(C)C)S(=O)(=O)CC12CCC(CC1=O)C2(C)C.CC(C)N(C(C)C)S(=O)(=O)CC12CCC(C[C@@]1(C#N)O[Si](C)(C)C)C2(C)C.CC(C)N(C(C)C)S(=O)(=O)CC12CCC(C[C@]1(C#N)O[Si](C)(C)C)C2(C)C.CC1(C)C2CCC1(CS(=O)(=O)O)C(=O)C2.[AlH3].[H-].[Li+]. The molecule has 1 aliphatic heterocycles. The number of sulfonamides is 5. The van der Waals surface area contributed by atoms with Gasteiger partial charge in [0.2, 0.25) is 50.1 Å². The first kappa shape index (κ1) is 140. The molecule has 12 aliphatic carbocycles. The molecule has 872 valence electrons. The van der Waals surface area contributed by atoms with Gasteiger partial charge < -0.3 is 35.7 Å². The summed E-state index contributed by atoms with van der Waals surface area (Å²) in [5.74, 6) is 1.81. The van der Waals surface area contributed by atoms with Crippen molar-refractivity contribution in [2.75, 3.05) is 97.8 Å². The number of rotatable bonds is 38. The summed E-state index contributed by atoms with van der Waals surface area (Å²) in [4.78, 5) is 26.7. The fraction of sp³-hybridized carbons (Fsp3) is 0.963. The molecule has 0 aromatic heterocycles. The third-order valence-electron chi connectivity index (χ3n) is 39.5. The number of hydrogen-bond acceptors (Lipinski definition) is 24. The number of ether oxygens (including phenoxy) is 2. The predicted octanol–water partition coefficient (Wildman–Crippen LogP) is 14.9. The van der Waals surface area contributed by atoms with Gasteiger partial charge in [-0.1, -0.05) is 115 Å². The van der Waals surface area contributed by atoms with E-state index in [1.807, 2.05) is 152 Å². The molecular formula is C108H207AlBr2LiN9O21S6Si2. The maximum absolute atomic E-state index is 13.6. The zero-order valence-corrected chi connectivity index (χ0v) is 109. The number of ketones is 2. The summed E-state index contributed by atoms with van der Waals surface area (Å²) in [6, 6.07) is 4.06. The molecule has 0 radical (unpaired) electrons. The van der Waals surface area contributed by atoms with Crippen molar-refractivity contribution in [3.8, 4) is 12.1 Å². The molecule has 30 nitrogen and oxygen atoms in total. The van der Waals surface area contributed by atoms with Crippen LogP contribution >= 0.6 is 31.9 Å². The Balaban J connectivity index is 0.000000373. The fourth-order valence-corrected chi connectivity index (χ4v) is 51.0. The van der Waals surface area contributed by atoms with E-state index in [0.29, 0.717) is 94.3 Å². The van der Waals surface area contributed by atoms with E-state index < -0.39 is 138 Å². The number of morpholine rings is 1. The number of β-amino-alcohol motifs (C(OH)–C–C–N with tert-alkyl or cyclic N) is 1. The van der Waals surface area contributed by atoms with E-state index in [0.717, 1.165) is 108 Å². The largest absolute Gasteiger partial charge is 1.00 e. The molecule has 0 aromatic rings. The summed E-state index contributed by atoms with van der Waals surface area (Å²) in [5, 5.41) is 45.6. The molecule has 5 N–H and O–H groups in total. The summed E-state index contributed by atoms with van der Waals surface area (Å²) in [6.45, 7) is 81.4. The van der Waals surface area contributed by atoms with Crippen molar-refractivity contribution in [2.24, 2.45) is 106 Å². The van der Waals surface area contributed by atoms with Gasteiger partial charge in [-0.05, 0) is 348 Å². The summed E-state index contributed by atoms with van der Waals surface area (Å²) < 4.78 is 196. The molecule has 1 heterocycles. The first-order chi connectivity index (χ1) is 66.9. The van der Waals surface area contributed by atoms with Crippen LogP contribution in [-0.2, 0) is 88.1 Å². The van der Waals surface area contributed by atoms with Crippen LogP contribution in [0.5, 0.6) is 0 Å². The Morgan fingerprint density at radius 2 is 0.640 bits per heavy atom. The zero-order chi connectivity index (χ0) is 114. The first-order valence-corrected chi connectivity index (χ1v) is 74.0. The van der Waals surface area contributed by atoms with Crippen molar-refractivity contribution in [3.63, 3.8) is 0 Å². The van der Waals surface area contributed by atoms with Gasteiger partial charge in [0.25, 0.3) is 10.1 Å². The molecular weight excluding hydrogens is 2200 g/mol. The number of carbonyl (C=O) groups excluding carboxylic acids is 2. The number of hydrogen-bond donors (Lipinski definition) is 4. The van der Waals surface area contributed by atoms with Gasteiger partial charge in [-0.2, -0.15) is 40.5 Å². The molecule has 1 saturated heterocycles. The number of aliphatic hydroxyl groups is 2. The van der Waals surface area contributed by atoms with Crippen LogP contribution in [0.2, 0.25) is 39.3 Å². The Morgan fingerprint density at radius 1 is 0.400 bits per heavy atom. The molecule has 0 spiro atoms. The van der Waals surface area contributed by atoms with Gasteiger partial charge in [-0.15, -0.1) is 0 Å². The normalized spacial score (nSPS) is 33.1. The number of nitrogens with two attached hydrogens (primary N) is 1. The van der Waals surface area contributed by atoms with E-state index in [-0.39, 0.29) is 183 Å². The van der Waals surface area contributed by atoms with Crippen molar-refractivity contribution in [1.82, 2.24) is 26.4 Å². The molecule has 13 fully saturated rings. The second-order valence-electron chi connectivity index (χ2n) is 54.9. The van der Waals surface area contributed by atoms with Crippen LogP contribution in [0.1, 0.15) is 339 Å². The Hall–Kier alpha value is -0.0164.